The lowest BCUT2D eigenvalue weighted by atomic mass is 10.1. The van der Waals surface area contributed by atoms with Crippen molar-refractivity contribution in [1.82, 2.24) is 14.9 Å². The van der Waals surface area contributed by atoms with Crippen molar-refractivity contribution in [3.63, 3.8) is 0 Å². The van der Waals surface area contributed by atoms with Crippen molar-refractivity contribution in [2.24, 2.45) is 0 Å². The molecular formula is C16H16N4O. The molecule has 1 aromatic heterocycles. The van der Waals surface area contributed by atoms with Crippen molar-refractivity contribution in [1.29, 1.82) is 5.26 Å². The van der Waals surface area contributed by atoms with Gasteiger partial charge in [-0.25, -0.2) is 4.98 Å². The summed E-state index contributed by atoms with van der Waals surface area (Å²) in [6.45, 7) is 4.03. The highest BCUT2D eigenvalue weighted by molar-refractivity contribution is 5.33. The Morgan fingerprint density at radius 1 is 1.48 bits per heavy atom. The molecular weight excluding hydrogens is 264 g/mol. The number of rotatable bonds is 2. The number of benzene rings is 1. The van der Waals surface area contributed by atoms with Gasteiger partial charge in [-0.2, -0.15) is 5.26 Å². The van der Waals surface area contributed by atoms with Crippen LogP contribution in [-0.2, 0) is 19.5 Å². The Morgan fingerprint density at radius 2 is 2.33 bits per heavy atom. The number of nitrogens with zero attached hydrogens (tertiary/aromatic N) is 3. The van der Waals surface area contributed by atoms with Gasteiger partial charge in [0.25, 0.3) is 5.56 Å². The summed E-state index contributed by atoms with van der Waals surface area (Å²) in [4.78, 5) is 21.4. The highest BCUT2D eigenvalue weighted by Crippen LogP contribution is 2.16. The monoisotopic (exact) mass is 280 g/mol. The van der Waals surface area contributed by atoms with Crippen LogP contribution in [0.15, 0.2) is 29.1 Å². The molecule has 21 heavy (non-hydrogen) atoms. The topological polar surface area (TPSA) is 72.8 Å². The summed E-state index contributed by atoms with van der Waals surface area (Å²) in [6.07, 6.45) is 0.790. The van der Waals surface area contributed by atoms with Crippen molar-refractivity contribution >= 4 is 0 Å². The van der Waals surface area contributed by atoms with Gasteiger partial charge < -0.3 is 4.98 Å². The molecule has 5 nitrogen and oxygen atoms in total. The first-order chi connectivity index (χ1) is 10.2. The predicted octanol–water partition coefficient (Wildman–Crippen LogP) is 1.51. The zero-order chi connectivity index (χ0) is 14.8. The van der Waals surface area contributed by atoms with E-state index in [1.807, 2.05) is 18.2 Å². The summed E-state index contributed by atoms with van der Waals surface area (Å²) in [5.41, 5.74) is 3.41. The smallest absolute Gasteiger partial charge is 0.255 e. The molecule has 0 spiro atoms. The van der Waals surface area contributed by atoms with Crippen LogP contribution in [0.25, 0.3) is 0 Å². The molecule has 0 fully saturated rings. The maximum Gasteiger partial charge on any atom is 0.255 e. The number of hydrogen-bond donors (Lipinski definition) is 1. The molecule has 0 atom stereocenters. The first-order valence-electron chi connectivity index (χ1n) is 6.96. The lowest BCUT2D eigenvalue weighted by Crippen LogP contribution is -2.35. The van der Waals surface area contributed by atoms with Gasteiger partial charge in [0, 0.05) is 26.1 Å². The number of hydrogen-bond acceptors (Lipinski definition) is 4. The lowest BCUT2D eigenvalue weighted by molar-refractivity contribution is 0.241. The van der Waals surface area contributed by atoms with Gasteiger partial charge in [0.15, 0.2) is 0 Å². The van der Waals surface area contributed by atoms with E-state index in [1.54, 1.807) is 13.0 Å². The molecule has 1 N–H and O–H groups in total. The van der Waals surface area contributed by atoms with Gasteiger partial charge in [-0.1, -0.05) is 12.1 Å². The molecule has 2 aromatic rings. The van der Waals surface area contributed by atoms with Crippen LogP contribution in [0.3, 0.4) is 0 Å². The van der Waals surface area contributed by atoms with Crippen LogP contribution in [0.2, 0.25) is 0 Å². The Bertz CT molecular complexity index is 773. The first kappa shape index (κ1) is 13.5. The SMILES string of the molecule is Cc1nc2c(c(=O)[nH]1)CN(Cc1cccc(C#N)c1)CC2. The minimum absolute atomic E-state index is 0.0343. The average Bonchev–Trinajstić information content (AvgIpc) is 2.48. The van der Waals surface area contributed by atoms with Gasteiger partial charge in [-0.3, -0.25) is 9.69 Å². The van der Waals surface area contributed by atoms with Crippen LogP contribution < -0.4 is 5.56 Å². The number of aromatic amines is 1. The largest absolute Gasteiger partial charge is 0.310 e. The Morgan fingerprint density at radius 3 is 3.14 bits per heavy atom. The van der Waals surface area contributed by atoms with Crippen LogP contribution in [0, 0.1) is 18.3 Å². The molecule has 0 aliphatic carbocycles. The first-order valence-corrected chi connectivity index (χ1v) is 6.96. The summed E-state index contributed by atoms with van der Waals surface area (Å²) >= 11 is 0. The Labute approximate surface area is 122 Å². The number of nitriles is 1. The van der Waals surface area contributed by atoms with Gasteiger partial charge in [0.2, 0.25) is 0 Å². The van der Waals surface area contributed by atoms with Gasteiger partial charge >= 0.3 is 0 Å². The number of H-pyrrole nitrogens is 1. The second-order valence-electron chi connectivity index (χ2n) is 5.35. The Kier molecular flexibility index (Phi) is 3.55. The maximum atomic E-state index is 12.0. The summed E-state index contributed by atoms with van der Waals surface area (Å²) < 4.78 is 0. The van der Waals surface area contributed by atoms with E-state index in [4.69, 9.17) is 5.26 Å². The third kappa shape index (κ3) is 2.86. The summed E-state index contributed by atoms with van der Waals surface area (Å²) in [7, 11) is 0. The molecule has 0 unspecified atom stereocenters. The molecule has 3 rings (SSSR count). The van der Waals surface area contributed by atoms with E-state index in [1.165, 1.54) is 0 Å². The van der Waals surface area contributed by atoms with E-state index in [0.29, 0.717) is 17.9 Å². The third-order valence-electron chi connectivity index (χ3n) is 3.73. The predicted molar refractivity (Wildman–Crippen MR) is 78.6 cm³/mol. The number of aromatic nitrogens is 2. The van der Waals surface area contributed by atoms with Crippen LogP contribution >= 0.6 is 0 Å². The fourth-order valence-electron chi connectivity index (χ4n) is 2.74. The van der Waals surface area contributed by atoms with Crippen LogP contribution in [0.1, 0.15) is 28.2 Å². The summed E-state index contributed by atoms with van der Waals surface area (Å²) in [6, 6.07) is 9.75. The second kappa shape index (κ2) is 5.51. The minimum Gasteiger partial charge on any atom is -0.310 e. The molecule has 5 heteroatoms. The van der Waals surface area contributed by atoms with Crippen molar-refractivity contribution in [2.75, 3.05) is 6.54 Å². The lowest BCUT2D eigenvalue weighted by Gasteiger charge is -2.27. The van der Waals surface area contributed by atoms with E-state index < -0.39 is 0 Å². The highest BCUT2D eigenvalue weighted by atomic mass is 16.1. The average molecular weight is 280 g/mol. The standard InChI is InChI=1S/C16H16N4O/c1-11-18-15-5-6-20(10-14(15)16(21)19-11)9-13-4-2-3-12(7-13)8-17/h2-4,7H,5-6,9-10H2,1H3,(H,18,19,21). The van der Waals surface area contributed by atoms with E-state index in [0.717, 1.165) is 36.3 Å². The molecule has 0 saturated carbocycles. The van der Waals surface area contributed by atoms with E-state index in [-0.39, 0.29) is 5.56 Å². The Balaban J connectivity index is 1.80. The maximum absolute atomic E-state index is 12.0. The Hall–Kier alpha value is -2.45. The second-order valence-corrected chi connectivity index (χ2v) is 5.35. The van der Waals surface area contributed by atoms with Crippen molar-refractivity contribution < 1.29 is 0 Å². The fraction of sp³-hybridized carbons (Fsp3) is 0.312. The fourth-order valence-corrected chi connectivity index (χ4v) is 2.74. The zero-order valence-corrected chi connectivity index (χ0v) is 11.9. The molecule has 1 aliphatic rings. The van der Waals surface area contributed by atoms with E-state index in [9.17, 15) is 4.79 Å². The molecule has 106 valence electrons. The summed E-state index contributed by atoms with van der Waals surface area (Å²) in [5.74, 6) is 0.675. The third-order valence-corrected chi connectivity index (χ3v) is 3.73. The van der Waals surface area contributed by atoms with Crippen LogP contribution in [0.4, 0.5) is 0 Å². The van der Waals surface area contributed by atoms with Crippen LogP contribution in [-0.4, -0.2) is 21.4 Å². The van der Waals surface area contributed by atoms with Gasteiger partial charge in [-0.15, -0.1) is 0 Å². The van der Waals surface area contributed by atoms with Crippen molar-refractivity contribution in [3.05, 3.63) is 62.8 Å². The highest BCUT2D eigenvalue weighted by Gasteiger charge is 2.20. The molecule has 0 radical (unpaired) electrons. The molecule has 0 saturated heterocycles. The molecule has 1 aliphatic heterocycles. The molecule has 1 aromatic carbocycles. The van der Waals surface area contributed by atoms with E-state index >= 15 is 0 Å². The van der Waals surface area contributed by atoms with Gasteiger partial charge in [-0.05, 0) is 24.6 Å². The summed E-state index contributed by atoms with van der Waals surface area (Å²) in [5, 5.41) is 8.94. The molecule has 0 bridgehead atoms. The quantitative estimate of drug-likeness (QED) is 0.905. The molecule has 2 heterocycles. The van der Waals surface area contributed by atoms with Gasteiger partial charge in [0.05, 0.1) is 22.9 Å². The molecule has 0 amide bonds. The number of nitrogens with one attached hydrogen (secondary N) is 1. The number of fused-ring (bicyclic) bond motifs is 1. The van der Waals surface area contributed by atoms with Crippen molar-refractivity contribution in [3.8, 4) is 6.07 Å². The number of aryl methyl sites for hydroxylation is 1. The van der Waals surface area contributed by atoms with Gasteiger partial charge in [0.1, 0.15) is 5.82 Å². The minimum atomic E-state index is -0.0343. The van der Waals surface area contributed by atoms with E-state index in [2.05, 4.69) is 20.9 Å². The zero-order valence-electron chi connectivity index (χ0n) is 11.9. The normalized spacial score (nSPS) is 14.5. The van der Waals surface area contributed by atoms with Crippen molar-refractivity contribution in [2.45, 2.75) is 26.4 Å². The van der Waals surface area contributed by atoms with Crippen LogP contribution in [0.5, 0.6) is 0 Å².